The highest BCUT2D eigenvalue weighted by molar-refractivity contribution is 6.30. The summed E-state index contributed by atoms with van der Waals surface area (Å²) >= 11 is 5.83. The number of anilines is 1. The summed E-state index contributed by atoms with van der Waals surface area (Å²) < 4.78 is 1.39. The molecule has 2 aromatic heterocycles. The molecule has 35 heavy (non-hydrogen) atoms. The lowest BCUT2D eigenvalue weighted by Crippen LogP contribution is -2.46. The average Bonchev–Trinajstić information content (AvgIpc) is 3.18. The summed E-state index contributed by atoms with van der Waals surface area (Å²) in [7, 11) is 0. The van der Waals surface area contributed by atoms with Crippen molar-refractivity contribution in [2.24, 2.45) is 0 Å². The number of halogens is 1. The van der Waals surface area contributed by atoms with E-state index in [0.29, 0.717) is 27.8 Å². The van der Waals surface area contributed by atoms with E-state index in [1.54, 1.807) is 18.2 Å². The molecular formula is C24H27ClN6O4. The first-order chi connectivity index (χ1) is 16.7. The Morgan fingerprint density at radius 1 is 1.17 bits per heavy atom. The molecule has 1 fully saturated rings. The molecule has 0 bridgehead atoms. The maximum absolute atomic E-state index is 13.2. The summed E-state index contributed by atoms with van der Waals surface area (Å²) in [5, 5.41) is 20.3. The van der Waals surface area contributed by atoms with Crippen LogP contribution in [-0.4, -0.2) is 67.7 Å². The van der Waals surface area contributed by atoms with Crippen LogP contribution in [0.2, 0.25) is 5.02 Å². The molecule has 1 aromatic carbocycles. The number of aromatic nitrogens is 3. The van der Waals surface area contributed by atoms with Crippen molar-refractivity contribution in [3.8, 4) is 0 Å². The fourth-order valence-electron chi connectivity index (χ4n) is 4.18. The number of likely N-dealkylation sites (tertiary alicyclic amines) is 1. The van der Waals surface area contributed by atoms with E-state index >= 15 is 0 Å². The average molecular weight is 499 g/mol. The van der Waals surface area contributed by atoms with Gasteiger partial charge in [-0.25, -0.2) is 9.78 Å². The molecule has 11 heteroatoms. The lowest BCUT2D eigenvalue weighted by atomic mass is 10.0. The van der Waals surface area contributed by atoms with Gasteiger partial charge in [0.25, 0.3) is 5.91 Å². The van der Waals surface area contributed by atoms with Gasteiger partial charge in [0.05, 0.1) is 16.1 Å². The van der Waals surface area contributed by atoms with Crippen molar-refractivity contribution in [3.63, 3.8) is 0 Å². The van der Waals surface area contributed by atoms with Crippen molar-refractivity contribution in [1.82, 2.24) is 25.0 Å². The van der Waals surface area contributed by atoms with Crippen LogP contribution >= 0.6 is 11.6 Å². The quantitative estimate of drug-likeness (QED) is 0.456. The highest BCUT2D eigenvalue weighted by Gasteiger charge is 2.25. The number of benzene rings is 1. The van der Waals surface area contributed by atoms with Crippen molar-refractivity contribution in [1.29, 1.82) is 0 Å². The van der Waals surface area contributed by atoms with E-state index in [4.69, 9.17) is 11.6 Å². The number of hydrogen-bond donors (Lipinski definition) is 3. The molecule has 0 atom stereocenters. The van der Waals surface area contributed by atoms with E-state index in [9.17, 15) is 19.5 Å². The molecule has 3 aromatic rings. The minimum absolute atomic E-state index is 0.000339. The minimum atomic E-state index is -1.11. The molecule has 1 aliphatic heterocycles. The summed E-state index contributed by atoms with van der Waals surface area (Å²) in [6.45, 7) is 5.89. The Labute approximate surface area is 207 Å². The van der Waals surface area contributed by atoms with Crippen LogP contribution in [0, 0.1) is 0 Å². The number of hydrogen-bond acceptors (Lipinski definition) is 6. The molecule has 4 rings (SSSR count). The Hall–Kier alpha value is -3.50. The lowest BCUT2D eigenvalue weighted by Gasteiger charge is -2.34. The number of amides is 2. The van der Waals surface area contributed by atoms with E-state index in [1.165, 1.54) is 23.0 Å². The highest BCUT2D eigenvalue weighted by Crippen LogP contribution is 2.22. The first-order valence-corrected chi connectivity index (χ1v) is 11.8. The molecule has 0 unspecified atom stereocenters. The third-order valence-corrected chi connectivity index (χ3v) is 6.32. The standard InChI is InChI=1S/C24H27ClN6O4/c1-14(2)30-9-7-17(8-10-30)27-23(33)22-18-11-15(24(34)35)3-5-19(18)31(29-22)13-21(32)28-20-6-4-16(25)12-26-20/h3-6,11-12,14,17H,7-10,13H2,1-2H3,(H,27,33)(H,34,35)(H,26,28,32). The molecule has 0 saturated carbocycles. The lowest BCUT2D eigenvalue weighted by molar-refractivity contribution is -0.116. The Morgan fingerprint density at radius 3 is 2.54 bits per heavy atom. The number of nitrogens with zero attached hydrogens (tertiary/aromatic N) is 4. The van der Waals surface area contributed by atoms with Gasteiger partial charge >= 0.3 is 5.97 Å². The highest BCUT2D eigenvalue weighted by atomic mass is 35.5. The van der Waals surface area contributed by atoms with Gasteiger partial charge in [-0.05, 0) is 57.0 Å². The Kier molecular flexibility index (Phi) is 7.32. The molecule has 184 valence electrons. The number of rotatable bonds is 7. The van der Waals surface area contributed by atoms with Crippen LogP contribution in [0.4, 0.5) is 5.82 Å². The van der Waals surface area contributed by atoms with E-state index in [1.807, 2.05) is 0 Å². The van der Waals surface area contributed by atoms with Crippen LogP contribution in [0.25, 0.3) is 10.9 Å². The molecule has 0 aliphatic carbocycles. The molecule has 3 N–H and O–H groups in total. The van der Waals surface area contributed by atoms with Crippen LogP contribution < -0.4 is 10.6 Å². The zero-order valence-corrected chi connectivity index (χ0v) is 20.2. The molecule has 1 saturated heterocycles. The van der Waals surface area contributed by atoms with E-state index in [0.717, 1.165) is 25.9 Å². The van der Waals surface area contributed by atoms with E-state index in [-0.39, 0.29) is 29.8 Å². The SMILES string of the molecule is CC(C)N1CCC(NC(=O)c2nn(CC(=O)Nc3ccc(Cl)cn3)c3ccc(C(=O)O)cc23)CC1. The van der Waals surface area contributed by atoms with Crippen molar-refractivity contribution in [2.45, 2.75) is 45.3 Å². The summed E-state index contributed by atoms with van der Waals surface area (Å²) in [4.78, 5) is 43.7. The number of fused-ring (bicyclic) bond motifs is 1. The summed E-state index contributed by atoms with van der Waals surface area (Å²) in [6.07, 6.45) is 3.06. The second-order valence-corrected chi connectivity index (χ2v) is 9.27. The predicted molar refractivity (Wildman–Crippen MR) is 132 cm³/mol. The number of carbonyl (C=O) groups excluding carboxylic acids is 2. The maximum atomic E-state index is 13.2. The van der Waals surface area contributed by atoms with Gasteiger partial charge in [0.1, 0.15) is 12.4 Å². The van der Waals surface area contributed by atoms with Crippen LogP contribution in [-0.2, 0) is 11.3 Å². The Morgan fingerprint density at radius 2 is 1.91 bits per heavy atom. The van der Waals surface area contributed by atoms with E-state index < -0.39 is 11.9 Å². The van der Waals surface area contributed by atoms with Crippen molar-refractivity contribution < 1.29 is 19.5 Å². The van der Waals surface area contributed by atoms with Crippen LogP contribution in [0.5, 0.6) is 0 Å². The number of carboxylic acid groups (broad SMARTS) is 1. The maximum Gasteiger partial charge on any atom is 0.335 e. The zero-order chi connectivity index (χ0) is 25.1. The number of piperidine rings is 1. The van der Waals surface area contributed by atoms with Gasteiger partial charge in [0.2, 0.25) is 5.91 Å². The van der Waals surface area contributed by atoms with Crippen LogP contribution in [0.15, 0.2) is 36.5 Å². The third kappa shape index (κ3) is 5.77. The normalized spacial score (nSPS) is 14.9. The summed E-state index contributed by atoms with van der Waals surface area (Å²) in [6, 6.07) is 8.02. The van der Waals surface area contributed by atoms with Gasteiger partial charge in [-0.3, -0.25) is 14.3 Å². The molecule has 2 amide bonds. The monoisotopic (exact) mass is 498 g/mol. The first kappa shape index (κ1) is 24.6. The second kappa shape index (κ2) is 10.4. The van der Waals surface area contributed by atoms with Gasteiger partial charge in [-0.15, -0.1) is 0 Å². The molecule has 1 aliphatic rings. The molecular weight excluding hydrogens is 472 g/mol. The number of nitrogens with one attached hydrogen (secondary N) is 2. The van der Waals surface area contributed by atoms with Gasteiger partial charge < -0.3 is 20.6 Å². The third-order valence-electron chi connectivity index (χ3n) is 6.10. The molecule has 0 radical (unpaired) electrons. The van der Waals surface area contributed by atoms with Crippen LogP contribution in [0.3, 0.4) is 0 Å². The topological polar surface area (TPSA) is 129 Å². The molecule has 3 heterocycles. The summed E-state index contributed by atoms with van der Waals surface area (Å²) in [5.74, 6) is -1.58. The van der Waals surface area contributed by atoms with E-state index in [2.05, 4.69) is 39.5 Å². The minimum Gasteiger partial charge on any atom is -0.478 e. The van der Waals surface area contributed by atoms with Crippen molar-refractivity contribution in [2.75, 3.05) is 18.4 Å². The second-order valence-electron chi connectivity index (χ2n) is 8.83. The Bertz CT molecular complexity index is 1250. The Balaban J connectivity index is 1.56. The number of carbonyl (C=O) groups is 3. The van der Waals surface area contributed by atoms with Crippen molar-refractivity contribution in [3.05, 3.63) is 52.8 Å². The molecule has 0 spiro atoms. The fourth-order valence-corrected chi connectivity index (χ4v) is 4.29. The van der Waals surface area contributed by atoms with Gasteiger partial charge in [0.15, 0.2) is 5.69 Å². The smallest absolute Gasteiger partial charge is 0.335 e. The number of pyridine rings is 1. The largest absolute Gasteiger partial charge is 0.478 e. The number of carboxylic acids is 1. The van der Waals surface area contributed by atoms with Crippen molar-refractivity contribution >= 4 is 46.1 Å². The summed E-state index contributed by atoms with van der Waals surface area (Å²) in [5.41, 5.74) is 0.604. The van der Waals surface area contributed by atoms with Gasteiger partial charge in [0, 0.05) is 36.8 Å². The van der Waals surface area contributed by atoms with Gasteiger partial charge in [-0.1, -0.05) is 11.6 Å². The molecule has 10 nitrogen and oxygen atoms in total. The predicted octanol–water partition coefficient (Wildman–Crippen LogP) is 3.02. The van der Waals surface area contributed by atoms with Gasteiger partial charge in [-0.2, -0.15) is 5.10 Å². The number of aromatic carboxylic acids is 1. The first-order valence-electron chi connectivity index (χ1n) is 11.4. The fraction of sp³-hybridized carbons (Fsp3) is 0.375. The van der Waals surface area contributed by atoms with Crippen LogP contribution in [0.1, 0.15) is 47.5 Å². The zero-order valence-electron chi connectivity index (χ0n) is 19.5.